The summed E-state index contributed by atoms with van der Waals surface area (Å²) in [6.45, 7) is 2.00. The second-order valence-corrected chi connectivity index (χ2v) is 6.90. The van der Waals surface area contributed by atoms with Gasteiger partial charge in [-0.15, -0.1) is 0 Å². The van der Waals surface area contributed by atoms with Crippen LogP contribution in [0.2, 0.25) is 0 Å². The Labute approximate surface area is 109 Å². The highest BCUT2D eigenvalue weighted by Crippen LogP contribution is 2.59. The van der Waals surface area contributed by atoms with Crippen molar-refractivity contribution >= 4 is 5.69 Å². The summed E-state index contributed by atoms with van der Waals surface area (Å²) < 4.78 is 0. The van der Waals surface area contributed by atoms with Crippen LogP contribution in [0.15, 0.2) is 12.3 Å². The quantitative estimate of drug-likeness (QED) is 0.818. The maximum atomic E-state index is 6.05. The molecule has 1 heterocycles. The predicted molar refractivity (Wildman–Crippen MR) is 73.2 cm³/mol. The molecule has 4 aliphatic carbocycles. The van der Waals surface area contributed by atoms with Crippen molar-refractivity contribution in [2.75, 3.05) is 5.73 Å². The third kappa shape index (κ3) is 1.51. The van der Waals surface area contributed by atoms with Gasteiger partial charge in [0.1, 0.15) is 0 Å². The molecule has 0 saturated heterocycles. The molecular weight excluding hydrogens is 220 g/mol. The fraction of sp³-hybridized carbons (Fsp3) is 0.688. The van der Waals surface area contributed by atoms with Crippen molar-refractivity contribution in [3.8, 4) is 0 Å². The number of nitrogens with two attached hydrogens (primary N) is 1. The normalized spacial score (nSPS) is 41.3. The van der Waals surface area contributed by atoms with Crippen LogP contribution in [-0.2, 0) is 0 Å². The number of aryl methyl sites for hydroxylation is 1. The van der Waals surface area contributed by atoms with Crippen molar-refractivity contribution < 1.29 is 0 Å². The van der Waals surface area contributed by atoms with Gasteiger partial charge >= 0.3 is 0 Å². The lowest BCUT2D eigenvalue weighted by Gasteiger charge is -2.54. The lowest BCUT2D eigenvalue weighted by Crippen LogP contribution is -2.43. The van der Waals surface area contributed by atoms with Crippen LogP contribution in [0.5, 0.6) is 0 Å². The van der Waals surface area contributed by atoms with E-state index in [9.17, 15) is 0 Å². The molecule has 0 amide bonds. The van der Waals surface area contributed by atoms with Crippen LogP contribution in [0.3, 0.4) is 0 Å². The van der Waals surface area contributed by atoms with Gasteiger partial charge in [0.05, 0.1) is 11.4 Å². The number of hydrogen-bond acceptors (Lipinski definition) is 2. The van der Waals surface area contributed by atoms with Gasteiger partial charge < -0.3 is 5.73 Å². The summed E-state index contributed by atoms with van der Waals surface area (Å²) in [6, 6.07) is 2.20. The molecule has 0 radical (unpaired) electrons. The molecule has 5 rings (SSSR count). The van der Waals surface area contributed by atoms with Crippen molar-refractivity contribution in [3.05, 3.63) is 23.5 Å². The molecule has 0 spiro atoms. The summed E-state index contributed by atoms with van der Waals surface area (Å²) in [5.74, 6) is 4.68. The zero-order valence-electron chi connectivity index (χ0n) is 11.1. The molecule has 4 bridgehead atoms. The van der Waals surface area contributed by atoms with Gasteiger partial charge in [-0.3, -0.25) is 4.98 Å². The molecule has 1 aromatic heterocycles. The summed E-state index contributed by atoms with van der Waals surface area (Å²) in [5.41, 5.74) is 9.33. The van der Waals surface area contributed by atoms with Crippen molar-refractivity contribution in [2.45, 2.75) is 44.9 Å². The molecule has 2 heteroatoms. The number of nitrogen functional groups attached to an aromatic ring is 1. The minimum atomic E-state index is 0.758. The molecule has 1 aromatic rings. The van der Waals surface area contributed by atoms with Gasteiger partial charge in [0.25, 0.3) is 0 Å². The van der Waals surface area contributed by atoms with Crippen LogP contribution >= 0.6 is 0 Å². The van der Waals surface area contributed by atoms with Gasteiger partial charge in [0.2, 0.25) is 0 Å². The Morgan fingerprint density at radius 1 is 1.06 bits per heavy atom. The number of rotatable bonds is 1. The van der Waals surface area contributed by atoms with Crippen LogP contribution in [0.4, 0.5) is 5.69 Å². The van der Waals surface area contributed by atoms with Crippen LogP contribution in [0, 0.1) is 30.6 Å². The standard InChI is InChI=1S/C16H22N2/c1-9-15(17)7-14(8-18-9)16-12-3-10-2-11(5-12)6-13(16)4-10/h7-8,10-13,16H,2-6,17H2,1H3. The first kappa shape index (κ1) is 10.8. The molecule has 4 aliphatic rings. The van der Waals surface area contributed by atoms with Crippen LogP contribution in [0.25, 0.3) is 0 Å². The van der Waals surface area contributed by atoms with Crippen LogP contribution in [-0.4, -0.2) is 4.98 Å². The lowest BCUT2D eigenvalue weighted by atomic mass is 9.51. The topological polar surface area (TPSA) is 38.9 Å². The van der Waals surface area contributed by atoms with Crippen LogP contribution in [0.1, 0.15) is 49.3 Å². The summed E-state index contributed by atoms with van der Waals surface area (Å²) in [4.78, 5) is 4.49. The highest BCUT2D eigenvalue weighted by molar-refractivity contribution is 5.45. The van der Waals surface area contributed by atoms with Crippen molar-refractivity contribution in [2.24, 2.45) is 23.7 Å². The van der Waals surface area contributed by atoms with Gasteiger partial charge in [-0.05, 0) is 80.2 Å². The zero-order chi connectivity index (χ0) is 12.3. The molecule has 0 aromatic carbocycles. The Bertz CT molecular complexity index is 452. The smallest absolute Gasteiger partial charge is 0.0601 e. The largest absolute Gasteiger partial charge is 0.397 e. The van der Waals surface area contributed by atoms with E-state index < -0.39 is 0 Å². The molecule has 18 heavy (non-hydrogen) atoms. The maximum Gasteiger partial charge on any atom is 0.0601 e. The number of anilines is 1. The molecule has 2 N–H and O–H groups in total. The molecule has 0 aliphatic heterocycles. The fourth-order valence-electron chi connectivity index (χ4n) is 5.22. The Balaban J connectivity index is 1.70. The van der Waals surface area contributed by atoms with Gasteiger partial charge in [0, 0.05) is 6.20 Å². The molecule has 2 nitrogen and oxygen atoms in total. The number of pyridine rings is 1. The molecule has 4 saturated carbocycles. The van der Waals surface area contributed by atoms with Crippen molar-refractivity contribution in [3.63, 3.8) is 0 Å². The number of aromatic nitrogens is 1. The Kier molecular flexibility index (Phi) is 2.24. The van der Waals surface area contributed by atoms with E-state index in [1.54, 1.807) is 0 Å². The molecule has 0 unspecified atom stereocenters. The Morgan fingerprint density at radius 3 is 2.22 bits per heavy atom. The molecular formula is C16H22N2. The molecule has 0 atom stereocenters. The number of nitrogens with zero attached hydrogens (tertiary/aromatic N) is 1. The average molecular weight is 242 g/mol. The second kappa shape index (κ2) is 3.72. The van der Waals surface area contributed by atoms with E-state index in [-0.39, 0.29) is 0 Å². The Hall–Kier alpha value is -1.05. The summed E-state index contributed by atoms with van der Waals surface area (Å²) in [5, 5.41) is 0. The van der Waals surface area contributed by atoms with E-state index in [1.807, 2.05) is 6.92 Å². The van der Waals surface area contributed by atoms with Crippen LogP contribution < -0.4 is 5.73 Å². The summed E-state index contributed by atoms with van der Waals surface area (Å²) in [7, 11) is 0. The maximum absolute atomic E-state index is 6.05. The fourth-order valence-corrected chi connectivity index (χ4v) is 5.22. The third-order valence-corrected chi connectivity index (χ3v) is 5.76. The number of hydrogen-bond donors (Lipinski definition) is 1. The second-order valence-electron chi connectivity index (χ2n) is 6.90. The monoisotopic (exact) mass is 242 g/mol. The highest BCUT2D eigenvalue weighted by Gasteiger charge is 2.48. The predicted octanol–water partition coefficient (Wildman–Crippen LogP) is 3.51. The van der Waals surface area contributed by atoms with E-state index in [1.165, 1.54) is 37.7 Å². The molecule has 96 valence electrons. The highest BCUT2D eigenvalue weighted by atomic mass is 14.7. The van der Waals surface area contributed by atoms with Gasteiger partial charge in [-0.2, -0.15) is 0 Å². The third-order valence-electron chi connectivity index (χ3n) is 5.76. The van der Waals surface area contributed by atoms with Gasteiger partial charge in [-0.1, -0.05) is 0 Å². The average Bonchev–Trinajstić information content (AvgIpc) is 2.32. The van der Waals surface area contributed by atoms with Gasteiger partial charge in [-0.25, -0.2) is 0 Å². The molecule has 4 fully saturated rings. The Morgan fingerprint density at radius 2 is 1.67 bits per heavy atom. The first-order valence-corrected chi connectivity index (χ1v) is 7.42. The summed E-state index contributed by atoms with van der Waals surface area (Å²) in [6.07, 6.45) is 9.47. The van der Waals surface area contributed by atoms with E-state index in [0.717, 1.165) is 41.0 Å². The van der Waals surface area contributed by atoms with Gasteiger partial charge in [0.15, 0.2) is 0 Å². The minimum absolute atomic E-state index is 0.758. The first-order valence-electron chi connectivity index (χ1n) is 7.42. The summed E-state index contributed by atoms with van der Waals surface area (Å²) >= 11 is 0. The zero-order valence-corrected chi connectivity index (χ0v) is 11.1. The van der Waals surface area contributed by atoms with Crippen molar-refractivity contribution in [1.29, 1.82) is 0 Å². The van der Waals surface area contributed by atoms with E-state index in [4.69, 9.17) is 5.73 Å². The first-order chi connectivity index (χ1) is 8.70. The SMILES string of the molecule is Cc1ncc(C2C3CC4CC(C3)CC2C4)cc1N. The van der Waals surface area contributed by atoms with Crippen molar-refractivity contribution in [1.82, 2.24) is 4.98 Å². The van der Waals surface area contributed by atoms with E-state index >= 15 is 0 Å². The lowest BCUT2D eigenvalue weighted by molar-refractivity contribution is -0.00286. The van der Waals surface area contributed by atoms with E-state index in [0.29, 0.717) is 0 Å². The van der Waals surface area contributed by atoms with E-state index in [2.05, 4.69) is 17.2 Å². The minimum Gasteiger partial charge on any atom is -0.397 e.